The van der Waals surface area contributed by atoms with Gasteiger partial charge in [-0.1, -0.05) is 309 Å². The van der Waals surface area contributed by atoms with Crippen LogP contribution in [0.2, 0.25) is 0 Å². The summed E-state index contributed by atoms with van der Waals surface area (Å²) in [5.74, 6) is 3.15. The van der Waals surface area contributed by atoms with E-state index < -0.39 is 0 Å². The number of nitrogens with zero attached hydrogens (tertiary/aromatic N) is 13. The van der Waals surface area contributed by atoms with Crippen molar-refractivity contribution in [1.29, 1.82) is 5.26 Å². The molecule has 15 heteroatoms. The Morgan fingerprint density at radius 2 is 0.690 bits per heavy atom. The molecule has 0 fully saturated rings. The first-order valence-electron chi connectivity index (χ1n) is 46.9. The lowest BCUT2D eigenvalue weighted by molar-refractivity contribution is 0.671. The van der Waals surface area contributed by atoms with Crippen molar-refractivity contribution in [3.8, 4) is 119 Å². The molecule has 0 bridgehead atoms. The van der Waals surface area contributed by atoms with Gasteiger partial charge in [-0.15, -0.1) is 11.3 Å². The van der Waals surface area contributed by atoms with Crippen LogP contribution in [0.1, 0.15) is 5.56 Å². The van der Waals surface area contributed by atoms with E-state index in [1.54, 1.807) is 6.07 Å². The van der Waals surface area contributed by atoms with E-state index in [0.29, 0.717) is 40.2 Å². The summed E-state index contributed by atoms with van der Waals surface area (Å²) in [6.45, 7) is 15.0. The average Bonchev–Trinajstić information content (AvgIpc) is 1.56. The van der Waals surface area contributed by atoms with E-state index in [4.69, 9.17) is 47.5 Å². The predicted octanol–water partition coefficient (Wildman–Crippen LogP) is 33.5. The maximum absolute atomic E-state index is 9.65. The maximum Gasteiger partial charge on any atom is 0.187 e. The van der Waals surface area contributed by atoms with E-state index in [1.165, 1.54) is 80.2 Å². The van der Waals surface area contributed by atoms with Crippen LogP contribution in [0.15, 0.2) is 459 Å². The molecule has 14 nitrogen and oxygen atoms in total. The number of pyridine rings is 1. The number of hydrogen-bond donors (Lipinski definition) is 0. The van der Waals surface area contributed by atoms with Crippen molar-refractivity contribution in [2.45, 2.75) is 0 Å². The van der Waals surface area contributed by atoms with E-state index >= 15 is 0 Å². The molecule has 0 unspecified atom stereocenters. The quantitative estimate of drug-likeness (QED) is 0.110. The van der Waals surface area contributed by atoms with Crippen LogP contribution in [0.5, 0.6) is 0 Å². The van der Waals surface area contributed by atoms with Crippen molar-refractivity contribution in [2.24, 2.45) is 0 Å². The summed E-state index contributed by atoms with van der Waals surface area (Å²) < 4.78 is 18.4. The Hall–Kier alpha value is -19.6. The summed E-state index contributed by atoms with van der Waals surface area (Å²) in [6.07, 6.45) is 0. The molecule has 0 aliphatic carbocycles. The summed E-state index contributed by atoms with van der Waals surface area (Å²) in [4.78, 5) is 37.4. The molecule has 28 aromatic rings. The van der Waals surface area contributed by atoms with Crippen molar-refractivity contribution in [3.63, 3.8) is 0 Å². The number of aromatic nitrogens is 10. The van der Waals surface area contributed by atoms with Crippen molar-refractivity contribution < 1.29 is 4.42 Å². The molecule has 0 aliphatic rings. The van der Waals surface area contributed by atoms with Gasteiger partial charge in [0.15, 0.2) is 40.3 Å². The highest BCUT2D eigenvalue weighted by Crippen LogP contribution is 2.48. The minimum Gasteiger partial charge on any atom is -0.454 e. The first-order chi connectivity index (χ1) is 70.2. The molecule has 0 N–H and O–H groups in total. The molecule has 19 aromatic carbocycles. The molecule has 0 amide bonds. The zero-order valence-corrected chi connectivity index (χ0v) is 76.7. The maximum atomic E-state index is 9.65. The van der Waals surface area contributed by atoms with E-state index in [-0.39, 0.29) is 0 Å². The Bertz CT molecular complexity index is 9780. The van der Waals surface area contributed by atoms with E-state index in [2.05, 4.69) is 343 Å². The topological polar surface area (TPSA) is 143 Å². The van der Waals surface area contributed by atoms with Crippen LogP contribution < -0.4 is 0 Å². The molecule has 0 saturated heterocycles. The summed E-state index contributed by atoms with van der Waals surface area (Å²) in [5, 5.41) is 25.0. The first kappa shape index (κ1) is 83.0. The Balaban J connectivity index is 0.000000109. The lowest BCUT2D eigenvalue weighted by Crippen LogP contribution is -2.01. The lowest BCUT2D eigenvalue weighted by atomic mass is 9.99. The largest absolute Gasteiger partial charge is 0.454 e. The Labute approximate surface area is 817 Å². The number of thiophene rings is 1. The minimum atomic E-state index is 0.531. The third-order valence-corrected chi connectivity index (χ3v) is 28.2. The molecular formula is C127H75N13OS. The molecule has 9 aromatic heterocycles. The first-order valence-corrected chi connectivity index (χ1v) is 47.7. The van der Waals surface area contributed by atoms with Gasteiger partial charge in [0.2, 0.25) is 0 Å². The highest BCUT2D eigenvalue weighted by Gasteiger charge is 2.26. The molecule has 28 rings (SSSR count). The van der Waals surface area contributed by atoms with Crippen molar-refractivity contribution >= 4 is 163 Å². The van der Waals surface area contributed by atoms with Gasteiger partial charge in [-0.25, -0.2) is 39.6 Å². The summed E-state index contributed by atoms with van der Waals surface area (Å²) in [5.41, 5.74) is 27.9. The van der Waals surface area contributed by atoms with Crippen LogP contribution in [0.25, 0.3) is 263 Å². The SMILES string of the molecule is N#Cc1cccc(-c2cc(-n3c4ccccc4c4cc(-c5ccc6c(c5)c5ccccc5n6-c5ccccc5)ccc43)nc3ccccc23)c1.[C-]#[N+]c1cccc(-c2cc(-c3ccccc3)nc(-c3cccc(-n4c5ccccc5c5ccc6c7ccccc7oc6c54)c3)n2)c1.[C-]#[N+]c1cccc(-c2nc(-c3ccccc3)nc(-c3cccc(-n4c5ccccc5c5ccc6c7ccccc7sc6c54)c3)n2)c1. The molecule has 660 valence electrons. The second kappa shape index (κ2) is 34.6. The monoisotopic (exact) mass is 1830 g/mol. The number of hydrogen-bond acceptors (Lipinski definition) is 9. The molecule has 0 saturated carbocycles. The molecule has 0 atom stereocenters. The fourth-order valence-electron chi connectivity index (χ4n) is 20.5. The molecule has 0 aliphatic heterocycles. The van der Waals surface area contributed by atoms with E-state index in [1.807, 2.05) is 151 Å². The molecule has 0 spiro atoms. The van der Waals surface area contributed by atoms with Crippen molar-refractivity contribution in [1.82, 2.24) is 48.2 Å². The minimum absolute atomic E-state index is 0.531. The van der Waals surface area contributed by atoms with Crippen LogP contribution in [0.4, 0.5) is 11.4 Å². The van der Waals surface area contributed by atoms with Gasteiger partial charge >= 0.3 is 0 Å². The fourth-order valence-corrected chi connectivity index (χ4v) is 21.8. The van der Waals surface area contributed by atoms with Gasteiger partial charge < -0.3 is 18.1 Å². The van der Waals surface area contributed by atoms with Crippen LogP contribution in [-0.2, 0) is 0 Å². The fraction of sp³-hybridized carbons (Fsp3) is 0. The molecule has 142 heavy (non-hydrogen) atoms. The van der Waals surface area contributed by atoms with Gasteiger partial charge in [-0.05, 0) is 173 Å². The van der Waals surface area contributed by atoms with Crippen LogP contribution in [0, 0.1) is 24.5 Å². The van der Waals surface area contributed by atoms with Crippen molar-refractivity contribution in [3.05, 3.63) is 483 Å². The summed E-state index contributed by atoms with van der Waals surface area (Å²) in [7, 11) is 0. The van der Waals surface area contributed by atoms with Crippen LogP contribution in [-0.4, -0.2) is 48.2 Å². The van der Waals surface area contributed by atoms with Gasteiger partial charge in [0.05, 0.1) is 90.5 Å². The Kier molecular flexibility index (Phi) is 20.2. The highest BCUT2D eigenvalue weighted by molar-refractivity contribution is 7.26. The van der Waals surface area contributed by atoms with Gasteiger partial charge in [0, 0.05) is 120 Å². The third kappa shape index (κ3) is 14.4. The lowest BCUT2D eigenvalue weighted by Gasteiger charge is -2.13. The zero-order chi connectivity index (χ0) is 94.4. The van der Waals surface area contributed by atoms with Crippen LogP contribution in [0.3, 0.4) is 0 Å². The number of furan rings is 1. The second-order valence-electron chi connectivity index (χ2n) is 35.2. The average molecular weight is 1830 g/mol. The number of rotatable bonds is 12. The predicted molar refractivity (Wildman–Crippen MR) is 582 cm³/mol. The second-order valence-corrected chi connectivity index (χ2v) is 36.3. The van der Waals surface area contributed by atoms with E-state index in [0.717, 1.165) is 150 Å². The summed E-state index contributed by atoms with van der Waals surface area (Å²) >= 11 is 1.84. The molecule has 9 heterocycles. The van der Waals surface area contributed by atoms with Crippen molar-refractivity contribution in [2.75, 3.05) is 0 Å². The molecule has 0 radical (unpaired) electrons. The smallest absolute Gasteiger partial charge is 0.187 e. The molecular weight excluding hydrogens is 1760 g/mol. The Morgan fingerprint density at radius 3 is 1.32 bits per heavy atom. The van der Waals surface area contributed by atoms with Gasteiger partial charge in [0.25, 0.3) is 0 Å². The number of para-hydroxylation sites is 7. The number of nitriles is 1. The van der Waals surface area contributed by atoms with Gasteiger partial charge in [0.1, 0.15) is 11.4 Å². The van der Waals surface area contributed by atoms with Gasteiger partial charge in [-0.2, -0.15) is 5.26 Å². The zero-order valence-electron chi connectivity index (χ0n) is 75.9. The normalized spacial score (nSPS) is 11.5. The standard InChI is InChI=1S/C46H28N4.C41H24N4O.C40H23N5S/c47-29-30-11-10-12-33(25-30)38-28-46(48-41-18-7-4-15-35(38)41)50-43-20-9-6-17-37(43)40-27-32(22-24-45(40)50)31-21-23-44-39(26-31)36-16-5-8-19-42(36)49(44)34-13-2-1-3-14-34;1-42-29-15-9-13-27(23-29)36-25-35(26-11-3-2-4-12-26)43-41(44-36)28-14-10-16-30(24-28)45-37-19-7-5-17-31(37)33-21-22-34-32-18-6-8-20-38(32)46-40(34)39(33)45;1-41-28-15-9-13-26(23-28)39-42-38(25-11-3-2-4-12-25)43-40(44-39)27-14-10-16-29(24-27)45-34-19-7-5-17-30(34)32-21-22-33-31-18-6-8-20-35(31)46-37(33)36(32)45/h1-28H;2-25H;2-24H. The summed E-state index contributed by atoms with van der Waals surface area (Å²) in [6, 6.07) is 159. The van der Waals surface area contributed by atoms with Gasteiger partial charge in [-0.3, -0.25) is 4.57 Å². The Morgan fingerprint density at radius 1 is 0.261 bits per heavy atom. The number of benzene rings is 19. The highest BCUT2D eigenvalue weighted by atomic mass is 32.1. The third-order valence-electron chi connectivity index (χ3n) is 27.0. The van der Waals surface area contributed by atoms with E-state index in [9.17, 15) is 5.26 Å². The van der Waals surface area contributed by atoms with Crippen LogP contribution >= 0.6 is 11.3 Å². The number of fused-ring (bicyclic) bond motifs is 21.